The Morgan fingerprint density at radius 3 is 2.65 bits per heavy atom. The Kier molecular flexibility index (Phi) is 4.76. The van der Waals surface area contributed by atoms with Crippen LogP contribution in [-0.4, -0.2) is 24.0 Å². The third kappa shape index (κ3) is 3.38. The highest BCUT2D eigenvalue weighted by Crippen LogP contribution is 2.12. The van der Waals surface area contributed by atoms with Crippen LogP contribution in [0.3, 0.4) is 0 Å². The lowest BCUT2D eigenvalue weighted by molar-refractivity contribution is 0.0943. The van der Waals surface area contributed by atoms with Crippen molar-refractivity contribution in [2.75, 3.05) is 18.0 Å². The van der Waals surface area contributed by atoms with Crippen LogP contribution in [0, 0.1) is 0 Å². The second kappa shape index (κ2) is 6.75. The maximum atomic E-state index is 11.9. The number of hydrogen-bond acceptors (Lipinski definition) is 4. The highest BCUT2D eigenvalue weighted by atomic mass is 16.3. The number of pyridine rings is 1. The van der Waals surface area contributed by atoms with E-state index < -0.39 is 0 Å². The molecule has 0 bridgehead atoms. The van der Waals surface area contributed by atoms with Crippen LogP contribution in [0.25, 0.3) is 0 Å². The van der Waals surface area contributed by atoms with E-state index in [2.05, 4.69) is 29.0 Å². The van der Waals surface area contributed by atoms with E-state index in [-0.39, 0.29) is 5.91 Å². The summed E-state index contributed by atoms with van der Waals surface area (Å²) >= 11 is 0. The monoisotopic (exact) mass is 273 g/mol. The highest BCUT2D eigenvalue weighted by Gasteiger charge is 2.09. The van der Waals surface area contributed by atoms with Gasteiger partial charge in [-0.1, -0.05) is 0 Å². The summed E-state index contributed by atoms with van der Waals surface area (Å²) in [6.07, 6.45) is 3.31. The van der Waals surface area contributed by atoms with Crippen molar-refractivity contribution < 1.29 is 9.21 Å². The van der Waals surface area contributed by atoms with Crippen molar-refractivity contribution in [2.24, 2.45) is 0 Å². The van der Waals surface area contributed by atoms with Crippen LogP contribution < -0.4 is 10.2 Å². The van der Waals surface area contributed by atoms with Crippen molar-refractivity contribution in [1.82, 2.24) is 10.3 Å². The molecule has 106 valence electrons. The molecule has 0 spiro atoms. The zero-order valence-electron chi connectivity index (χ0n) is 11.8. The van der Waals surface area contributed by atoms with E-state index in [1.807, 2.05) is 12.1 Å². The van der Waals surface area contributed by atoms with Gasteiger partial charge in [-0.15, -0.1) is 0 Å². The zero-order chi connectivity index (χ0) is 14.4. The molecule has 2 aromatic rings. The second-order valence-corrected chi connectivity index (χ2v) is 4.34. The molecule has 1 amide bonds. The molecule has 0 saturated carbocycles. The Labute approximate surface area is 118 Å². The summed E-state index contributed by atoms with van der Waals surface area (Å²) in [5.74, 6) is 0.519. The first-order valence-electron chi connectivity index (χ1n) is 6.76. The molecule has 0 aliphatic carbocycles. The van der Waals surface area contributed by atoms with Gasteiger partial charge >= 0.3 is 0 Å². The maximum Gasteiger partial charge on any atom is 0.270 e. The van der Waals surface area contributed by atoms with E-state index in [1.54, 1.807) is 24.6 Å². The minimum atomic E-state index is -0.201. The number of rotatable bonds is 6. The minimum absolute atomic E-state index is 0.201. The van der Waals surface area contributed by atoms with Crippen LogP contribution in [0.2, 0.25) is 0 Å². The van der Waals surface area contributed by atoms with E-state index in [0.717, 1.165) is 24.5 Å². The summed E-state index contributed by atoms with van der Waals surface area (Å²) in [5, 5.41) is 2.77. The van der Waals surface area contributed by atoms with Gasteiger partial charge in [-0.25, -0.2) is 4.98 Å². The van der Waals surface area contributed by atoms with Crippen LogP contribution in [0.15, 0.2) is 41.1 Å². The van der Waals surface area contributed by atoms with Gasteiger partial charge in [0.2, 0.25) is 0 Å². The molecule has 0 atom stereocenters. The molecule has 0 aromatic carbocycles. The number of furan rings is 1. The Morgan fingerprint density at radius 2 is 2.10 bits per heavy atom. The molecule has 0 unspecified atom stereocenters. The zero-order valence-corrected chi connectivity index (χ0v) is 11.8. The smallest absolute Gasteiger partial charge is 0.270 e. The van der Waals surface area contributed by atoms with E-state index >= 15 is 0 Å². The predicted octanol–water partition coefficient (Wildman–Crippen LogP) is 2.45. The standard InChI is InChI=1S/C15H19N3O2/c1-3-18(4-2)12-7-8-14(16-10-12)15(19)17-11-13-6-5-9-20-13/h5-10H,3-4,11H2,1-2H3,(H,17,19). The van der Waals surface area contributed by atoms with E-state index in [0.29, 0.717) is 12.2 Å². The number of aromatic nitrogens is 1. The molecule has 2 aromatic heterocycles. The molecule has 0 aliphatic heterocycles. The Morgan fingerprint density at radius 1 is 1.30 bits per heavy atom. The topological polar surface area (TPSA) is 58.4 Å². The lowest BCUT2D eigenvalue weighted by Crippen LogP contribution is -2.25. The molecule has 20 heavy (non-hydrogen) atoms. The fourth-order valence-electron chi connectivity index (χ4n) is 1.97. The average molecular weight is 273 g/mol. The first-order valence-corrected chi connectivity index (χ1v) is 6.76. The molecule has 0 fully saturated rings. The van der Waals surface area contributed by atoms with Crippen LogP contribution in [0.5, 0.6) is 0 Å². The second-order valence-electron chi connectivity index (χ2n) is 4.34. The lowest BCUT2D eigenvalue weighted by Gasteiger charge is -2.20. The van der Waals surface area contributed by atoms with Gasteiger partial charge in [0.05, 0.1) is 24.7 Å². The molecule has 0 aliphatic rings. The normalized spacial score (nSPS) is 10.3. The van der Waals surface area contributed by atoms with Crippen LogP contribution in [0.1, 0.15) is 30.1 Å². The summed E-state index contributed by atoms with van der Waals surface area (Å²) in [5.41, 5.74) is 1.44. The fourth-order valence-corrected chi connectivity index (χ4v) is 1.97. The molecule has 0 radical (unpaired) electrons. The Balaban J connectivity index is 1.96. The Bertz CT molecular complexity index is 531. The molecule has 5 heteroatoms. The van der Waals surface area contributed by atoms with E-state index in [9.17, 15) is 4.79 Å². The van der Waals surface area contributed by atoms with Gasteiger partial charge in [0.1, 0.15) is 11.5 Å². The number of carbonyl (C=O) groups is 1. The number of hydrogen-bond donors (Lipinski definition) is 1. The third-order valence-corrected chi connectivity index (χ3v) is 3.11. The number of nitrogens with one attached hydrogen (secondary N) is 1. The molecular weight excluding hydrogens is 254 g/mol. The average Bonchev–Trinajstić information content (AvgIpc) is 3.00. The summed E-state index contributed by atoms with van der Waals surface area (Å²) < 4.78 is 5.16. The van der Waals surface area contributed by atoms with Gasteiger partial charge in [0, 0.05) is 13.1 Å². The van der Waals surface area contributed by atoms with Crippen LogP contribution in [-0.2, 0) is 6.54 Å². The molecule has 2 rings (SSSR count). The van der Waals surface area contributed by atoms with Crippen molar-refractivity contribution in [3.63, 3.8) is 0 Å². The third-order valence-electron chi connectivity index (χ3n) is 3.11. The van der Waals surface area contributed by atoms with Gasteiger partial charge < -0.3 is 14.6 Å². The van der Waals surface area contributed by atoms with Gasteiger partial charge in [0.15, 0.2) is 0 Å². The fraction of sp³-hybridized carbons (Fsp3) is 0.333. The van der Waals surface area contributed by atoms with Crippen molar-refractivity contribution in [3.8, 4) is 0 Å². The first kappa shape index (κ1) is 14.1. The summed E-state index contributed by atoms with van der Waals surface area (Å²) in [6, 6.07) is 7.27. The molecule has 0 saturated heterocycles. The van der Waals surface area contributed by atoms with E-state index in [1.165, 1.54) is 0 Å². The number of amides is 1. The quantitative estimate of drug-likeness (QED) is 0.878. The van der Waals surface area contributed by atoms with Crippen LogP contribution in [0.4, 0.5) is 5.69 Å². The van der Waals surface area contributed by atoms with Crippen molar-refractivity contribution in [3.05, 3.63) is 48.2 Å². The SMILES string of the molecule is CCN(CC)c1ccc(C(=O)NCc2ccco2)nc1. The molecule has 1 N–H and O–H groups in total. The first-order chi connectivity index (χ1) is 9.74. The van der Waals surface area contributed by atoms with Gasteiger partial charge in [-0.2, -0.15) is 0 Å². The molecule has 2 heterocycles. The summed E-state index contributed by atoms with van der Waals surface area (Å²) in [4.78, 5) is 18.3. The van der Waals surface area contributed by atoms with E-state index in [4.69, 9.17) is 4.42 Å². The van der Waals surface area contributed by atoms with Crippen molar-refractivity contribution in [2.45, 2.75) is 20.4 Å². The van der Waals surface area contributed by atoms with Crippen molar-refractivity contribution in [1.29, 1.82) is 0 Å². The number of anilines is 1. The summed E-state index contributed by atoms with van der Waals surface area (Å²) in [6.45, 7) is 6.39. The lowest BCUT2D eigenvalue weighted by atomic mass is 10.3. The summed E-state index contributed by atoms with van der Waals surface area (Å²) in [7, 11) is 0. The molecule has 5 nitrogen and oxygen atoms in total. The Hall–Kier alpha value is -2.30. The van der Waals surface area contributed by atoms with Gasteiger partial charge in [0.25, 0.3) is 5.91 Å². The molecular formula is C15H19N3O2. The van der Waals surface area contributed by atoms with Gasteiger partial charge in [-0.3, -0.25) is 4.79 Å². The maximum absolute atomic E-state index is 11.9. The minimum Gasteiger partial charge on any atom is -0.467 e. The number of nitrogens with zero attached hydrogens (tertiary/aromatic N) is 2. The largest absolute Gasteiger partial charge is 0.467 e. The number of carbonyl (C=O) groups excluding carboxylic acids is 1. The van der Waals surface area contributed by atoms with Gasteiger partial charge in [-0.05, 0) is 38.1 Å². The van der Waals surface area contributed by atoms with Crippen LogP contribution >= 0.6 is 0 Å². The highest BCUT2D eigenvalue weighted by molar-refractivity contribution is 5.92. The predicted molar refractivity (Wildman–Crippen MR) is 77.7 cm³/mol. The van der Waals surface area contributed by atoms with Crippen molar-refractivity contribution >= 4 is 11.6 Å².